The standard InChI is InChI=1S/C13H17N3O/c14-7-13-12(4-1-5-15-13)9-16-6-2-3-11(8-16)10-17/h1,4-5,11,17H,2-3,6,8-10H2. The molecule has 4 nitrogen and oxygen atoms in total. The second-order valence-electron chi connectivity index (χ2n) is 4.55. The van der Waals surface area contributed by atoms with Crippen LogP contribution in [0.5, 0.6) is 0 Å². The molecule has 1 aliphatic heterocycles. The van der Waals surface area contributed by atoms with Gasteiger partial charge in [0.15, 0.2) is 0 Å². The van der Waals surface area contributed by atoms with Gasteiger partial charge in [0.25, 0.3) is 0 Å². The zero-order valence-corrected chi connectivity index (χ0v) is 9.84. The van der Waals surface area contributed by atoms with Crippen molar-refractivity contribution in [2.24, 2.45) is 5.92 Å². The summed E-state index contributed by atoms with van der Waals surface area (Å²) in [4.78, 5) is 6.36. The molecule has 1 aromatic rings. The van der Waals surface area contributed by atoms with Crippen molar-refractivity contribution < 1.29 is 5.11 Å². The molecule has 0 aliphatic carbocycles. The number of nitrogens with zero attached hydrogens (tertiary/aromatic N) is 3. The van der Waals surface area contributed by atoms with Crippen LogP contribution in [0.2, 0.25) is 0 Å². The number of hydrogen-bond donors (Lipinski definition) is 1. The lowest BCUT2D eigenvalue weighted by molar-refractivity contribution is 0.116. The van der Waals surface area contributed by atoms with E-state index in [1.807, 2.05) is 12.1 Å². The predicted molar refractivity (Wildman–Crippen MR) is 64.0 cm³/mol. The lowest BCUT2D eigenvalue weighted by atomic mass is 9.98. The summed E-state index contributed by atoms with van der Waals surface area (Å²) in [5.74, 6) is 0.381. The van der Waals surface area contributed by atoms with Gasteiger partial charge in [-0.1, -0.05) is 6.07 Å². The van der Waals surface area contributed by atoms with Crippen molar-refractivity contribution >= 4 is 0 Å². The van der Waals surface area contributed by atoms with Crippen molar-refractivity contribution in [3.63, 3.8) is 0 Å². The van der Waals surface area contributed by atoms with Gasteiger partial charge in [-0.15, -0.1) is 0 Å². The topological polar surface area (TPSA) is 60.2 Å². The first-order valence-corrected chi connectivity index (χ1v) is 6.00. The smallest absolute Gasteiger partial charge is 0.144 e. The Morgan fingerprint density at radius 1 is 1.59 bits per heavy atom. The van der Waals surface area contributed by atoms with Gasteiger partial charge in [-0.3, -0.25) is 4.90 Å². The molecule has 0 spiro atoms. The third-order valence-corrected chi connectivity index (χ3v) is 3.25. The fourth-order valence-electron chi connectivity index (χ4n) is 2.35. The Hall–Kier alpha value is -1.44. The predicted octanol–water partition coefficient (Wildman–Crippen LogP) is 1.16. The molecule has 2 rings (SSSR count). The van der Waals surface area contributed by atoms with Gasteiger partial charge in [0, 0.05) is 31.5 Å². The second-order valence-corrected chi connectivity index (χ2v) is 4.55. The Labute approximate surface area is 102 Å². The molecule has 1 N–H and O–H groups in total. The summed E-state index contributed by atoms with van der Waals surface area (Å²) in [7, 11) is 0. The van der Waals surface area contributed by atoms with Crippen LogP contribution in [-0.2, 0) is 6.54 Å². The molecular weight excluding hydrogens is 214 g/mol. The first-order chi connectivity index (χ1) is 8.33. The minimum Gasteiger partial charge on any atom is -0.396 e. The lowest BCUT2D eigenvalue weighted by Crippen LogP contribution is -2.36. The normalized spacial score (nSPS) is 21.1. The Bertz CT molecular complexity index is 413. The summed E-state index contributed by atoms with van der Waals surface area (Å²) in [6, 6.07) is 5.94. The Balaban J connectivity index is 2.03. The molecule has 1 fully saturated rings. The van der Waals surface area contributed by atoms with Gasteiger partial charge in [0.05, 0.1) is 0 Å². The highest BCUT2D eigenvalue weighted by Crippen LogP contribution is 2.18. The number of hydrogen-bond acceptors (Lipinski definition) is 4. The van der Waals surface area contributed by atoms with Crippen molar-refractivity contribution in [1.82, 2.24) is 9.88 Å². The molecule has 4 heteroatoms. The van der Waals surface area contributed by atoms with Gasteiger partial charge >= 0.3 is 0 Å². The minimum atomic E-state index is 0.259. The molecule has 0 aromatic carbocycles. The van der Waals surface area contributed by atoms with E-state index in [9.17, 15) is 5.11 Å². The van der Waals surface area contributed by atoms with Crippen molar-refractivity contribution in [1.29, 1.82) is 5.26 Å². The zero-order chi connectivity index (χ0) is 12.1. The van der Waals surface area contributed by atoms with Crippen LogP contribution in [0.15, 0.2) is 18.3 Å². The molecule has 1 unspecified atom stereocenters. The molecule has 90 valence electrons. The average molecular weight is 231 g/mol. The first-order valence-electron chi connectivity index (χ1n) is 6.00. The number of rotatable bonds is 3. The van der Waals surface area contributed by atoms with E-state index in [-0.39, 0.29) is 6.61 Å². The van der Waals surface area contributed by atoms with E-state index < -0.39 is 0 Å². The minimum absolute atomic E-state index is 0.259. The average Bonchev–Trinajstić information content (AvgIpc) is 2.39. The zero-order valence-electron chi connectivity index (χ0n) is 9.84. The lowest BCUT2D eigenvalue weighted by Gasteiger charge is -2.31. The summed E-state index contributed by atoms with van der Waals surface area (Å²) in [6.07, 6.45) is 3.87. The first kappa shape index (κ1) is 12.0. The van der Waals surface area contributed by atoms with Crippen LogP contribution >= 0.6 is 0 Å². The van der Waals surface area contributed by atoms with Crippen LogP contribution in [0.3, 0.4) is 0 Å². The van der Waals surface area contributed by atoms with Gasteiger partial charge < -0.3 is 5.11 Å². The molecule has 0 saturated carbocycles. The SMILES string of the molecule is N#Cc1ncccc1CN1CCCC(CO)C1. The number of aliphatic hydroxyl groups is 1. The van der Waals surface area contributed by atoms with Gasteiger partial charge in [0.1, 0.15) is 11.8 Å². The monoisotopic (exact) mass is 231 g/mol. The maximum Gasteiger partial charge on any atom is 0.144 e. The Morgan fingerprint density at radius 3 is 3.24 bits per heavy atom. The van der Waals surface area contributed by atoms with Gasteiger partial charge in [0.2, 0.25) is 0 Å². The summed E-state index contributed by atoms with van der Waals surface area (Å²) >= 11 is 0. The van der Waals surface area contributed by atoms with Crippen molar-refractivity contribution in [3.05, 3.63) is 29.6 Å². The Kier molecular flexibility index (Phi) is 4.08. The van der Waals surface area contributed by atoms with Crippen molar-refractivity contribution in [3.8, 4) is 6.07 Å². The van der Waals surface area contributed by atoms with Crippen LogP contribution < -0.4 is 0 Å². The van der Waals surface area contributed by atoms with Crippen LogP contribution in [0.4, 0.5) is 0 Å². The highest BCUT2D eigenvalue weighted by atomic mass is 16.3. The van der Waals surface area contributed by atoms with E-state index in [1.165, 1.54) is 0 Å². The van der Waals surface area contributed by atoms with Crippen LogP contribution in [0.1, 0.15) is 24.1 Å². The largest absolute Gasteiger partial charge is 0.396 e. The Morgan fingerprint density at radius 2 is 2.47 bits per heavy atom. The summed E-state index contributed by atoms with van der Waals surface area (Å²) in [6.45, 7) is 2.97. The highest BCUT2D eigenvalue weighted by Gasteiger charge is 2.19. The van der Waals surface area contributed by atoms with E-state index >= 15 is 0 Å². The van der Waals surface area contributed by atoms with E-state index in [2.05, 4.69) is 16.0 Å². The van der Waals surface area contributed by atoms with Crippen molar-refractivity contribution in [2.75, 3.05) is 19.7 Å². The summed E-state index contributed by atoms with van der Waals surface area (Å²) < 4.78 is 0. The number of pyridine rings is 1. The number of likely N-dealkylation sites (tertiary alicyclic amines) is 1. The van der Waals surface area contributed by atoms with Gasteiger partial charge in [-0.05, 0) is 31.4 Å². The van der Waals surface area contributed by atoms with E-state index in [0.717, 1.165) is 38.0 Å². The molecule has 0 amide bonds. The van der Waals surface area contributed by atoms with E-state index in [4.69, 9.17) is 5.26 Å². The number of aromatic nitrogens is 1. The second kappa shape index (κ2) is 5.76. The van der Waals surface area contributed by atoms with Crippen LogP contribution in [0, 0.1) is 17.2 Å². The van der Waals surface area contributed by atoms with Crippen LogP contribution in [0.25, 0.3) is 0 Å². The molecule has 0 radical (unpaired) electrons. The van der Waals surface area contributed by atoms with E-state index in [0.29, 0.717) is 11.6 Å². The fourth-order valence-corrected chi connectivity index (χ4v) is 2.35. The summed E-state index contributed by atoms with van der Waals surface area (Å²) in [5, 5.41) is 18.2. The summed E-state index contributed by atoms with van der Waals surface area (Å²) in [5.41, 5.74) is 1.49. The molecule has 1 aliphatic rings. The molecule has 17 heavy (non-hydrogen) atoms. The molecule has 1 aromatic heterocycles. The third-order valence-electron chi connectivity index (χ3n) is 3.25. The third kappa shape index (κ3) is 3.02. The number of aliphatic hydroxyl groups excluding tert-OH is 1. The maximum atomic E-state index is 9.18. The maximum absolute atomic E-state index is 9.18. The molecule has 0 bridgehead atoms. The molecule has 1 atom stereocenters. The molecule has 2 heterocycles. The van der Waals surface area contributed by atoms with Crippen molar-refractivity contribution in [2.45, 2.75) is 19.4 Å². The fraction of sp³-hybridized carbons (Fsp3) is 0.538. The highest BCUT2D eigenvalue weighted by molar-refractivity contribution is 5.30. The number of nitriles is 1. The molecular formula is C13H17N3O. The molecule has 1 saturated heterocycles. The van der Waals surface area contributed by atoms with Gasteiger partial charge in [-0.25, -0.2) is 4.98 Å². The van der Waals surface area contributed by atoms with Gasteiger partial charge in [-0.2, -0.15) is 5.26 Å². The van der Waals surface area contributed by atoms with Crippen LogP contribution in [-0.4, -0.2) is 34.7 Å². The van der Waals surface area contributed by atoms with E-state index in [1.54, 1.807) is 6.20 Å². The quantitative estimate of drug-likeness (QED) is 0.848. The number of piperidine rings is 1.